The van der Waals surface area contributed by atoms with Crippen molar-refractivity contribution >= 4 is 29.4 Å². The van der Waals surface area contributed by atoms with Crippen molar-refractivity contribution in [1.29, 1.82) is 0 Å². The number of ether oxygens (including phenoxy) is 1. The molecule has 0 bridgehead atoms. The number of allylic oxidation sites excluding steroid dienone is 4. The van der Waals surface area contributed by atoms with Crippen LogP contribution in [0, 0.1) is 34.0 Å². The number of aliphatic hydroxyl groups excluding tert-OH is 2. The number of Topliss-reactive ketones (excluding diaryl/α,β-unsaturated/α-hetero) is 1. The highest BCUT2D eigenvalue weighted by Gasteiger charge is 2.68. The second-order valence-electron chi connectivity index (χ2n) is 13.7. The largest absolute Gasteiger partial charge is 0.479 e. The Labute approximate surface area is 245 Å². The minimum Gasteiger partial charge on any atom is -0.479 e. The topological polar surface area (TPSA) is 188 Å². The van der Waals surface area contributed by atoms with Gasteiger partial charge in [0.05, 0.1) is 12.5 Å². The first kappa shape index (κ1) is 32.0. The molecule has 1 amide bonds. The van der Waals surface area contributed by atoms with Crippen LogP contribution in [0.25, 0.3) is 0 Å². The van der Waals surface area contributed by atoms with Crippen molar-refractivity contribution in [2.24, 2.45) is 34.0 Å². The van der Waals surface area contributed by atoms with E-state index in [4.69, 9.17) is 9.84 Å². The molecule has 0 aromatic rings. The molecule has 8 atom stereocenters. The molecule has 4 aliphatic rings. The molecule has 0 aliphatic heterocycles. The fourth-order valence-electron chi connectivity index (χ4n) is 8.19. The summed E-state index contributed by atoms with van der Waals surface area (Å²) in [6, 6.07) is 0. The quantitative estimate of drug-likeness (QED) is 0.234. The molecule has 0 aromatic heterocycles. The molecule has 3 fully saturated rings. The van der Waals surface area contributed by atoms with E-state index in [1.807, 2.05) is 13.0 Å². The highest BCUT2D eigenvalue weighted by atomic mass is 16.5. The third kappa shape index (κ3) is 5.46. The number of carbonyl (C=O) groups is 5. The average molecular weight is 590 g/mol. The third-order valence-electron chi connectivity index (χ3n) is 10.7. The molecule has 4 aliphatic carbocycles. The number of fused-ring (bicyclic) bond motifs is 5. The van der Waals surface area contributed by atoms with E-state index in [1.165, 1.54) is 13.8 Å². The Bertz CT molecular complexity index is 1220. The first-order chi connectivity index (χ1) is 19.5. The van der Waals surface area contributed by atoms with Crippen molar-refractivity contribution in [3.05, 3.63) is 23.8 Å². The monoisotopic (exact) mass is 589 g/mol. The predicted octanol–water partition coefficient (Wildman–Crippen LogP) is 1.48. The Morgan fingerprint density at radius 3 is 2.52 bits per heavy atom. The number of aliphatic carboxylic acids is 1. The van der Waals surface area contributed by atoms with Crippen LogP contribution in [-0.4, -0.2) is 80.8 Å². The van der Waals surface area contributed by atoms with Crippen LogP contribution >= 0.6 is 0 Å². The molecular weight excluding hydrogens is 546 g/mol. The number of amides is 1. The number of carboxylic acid groups (broad SMARTS) is 1. The van der Waals surface area contributed by atoms with E-state index in [9.17, 15) is 39.3 Å². The van der Waals surface area contributed by atoms with Crippen LogP contribution in [0.15, 0.2) is 23.8 Å². The maximum atomic E-state index is 13.4. The number of aliphatic hydroxyl groups is 3. The highest BCUT2D eigenvalue weighted by Crippen LogP contribution is 2.67. The lowest BCUT2D eigenvalue weighted by Gasteiger charge is -2.59. The van der Waals surface area contributed by atoms with Gasteiger partial charge in [0.2, 0.25) is 11.7 Å². The van der Waals surface area contributed by atoms with E-state index in [2.05, 4.69) is 12.2 Å². The molecule has 0 heterocycles. The minimum atomic E-state index is -1.78. The molecule has 4 rings (SSSR count). The molecule has 8 unspecified atom stereocenters. The summed E-state index contributed by atoms with van der Waals surface area (Å²) in [7, 11) is 0. The number of nitrogens with one attached hydrogen (secondary N) is 1. The summed E-state index contributed by atoms with van der Waals surface area (Å²) in [5.74, 6) is -3.57. The summed E-state index contributed by atoms with van der Waals surface area (Å²) in [6.45, 7) is 6.07. The van der Waals surface area contributed by atoms with Crippen molar-refractivity contribution in [3.63, 3.8) is 0 Å². The number of hydrogen-bond donors (Lipinski definition) is 5. The second-order valence-corrected chi connectivity index (χ2v) is 13.7. The molecular formula is C31H43NO10. The van der Waals surface area contributed by atoms with Gasteiger partial charge < -0.3 is 30.5 Å². The number of carbonyl (C=O) groups excluding carboxylic acids is 4. The van der Waals surface area contributed by atoms with Crippen LogP contribution in [0.1, 0.15) is 72.6 Å². The summed E-state index contributed by atoms with van der Waals surface area (Å²) in [4.78, 5) is 60.9. The number of ketones is 2. The molecule has 0 spiro atoms. The van der Waals surface area contributed by atoms with Crippen LogP contribution < -0.4 is 5.32 Å². The van der Waals surface area contributed by atoms with Crippen molar-refractivity contribution in [2.45, 2.75) is 90.4 Å². The summed E-state index contributed by atoms with van der Waals surface area (Å²) >= 11 is 0. The summed E-state index contributed by atoms with van der Waals surface area (Å²) in [5.41, 5.74) is -3.28. The van der Waals surface area contributed by atoms with Gasteiger partial charge in [-0.05, 0) is 56.1 Å². The standard InChI is InChI=1S/C31H43NO10/c1-28(2,26(38)27(39)40)16-32-23(36)7-8-24(37)42-15-22(35)31(41)12-10-20-19-6-5-17-13-18(33)9-11-29(17,3)25(19)21(34)14-30(20,31)4/h9,11,13,19-21,25-26,34,38,41H,5-8,10,12,14-16H2,1-4H3,(H,32,36)(H,39,40). The van der Waals surface area contributed by atoms with Crippen LogP contribution in [0.5, 0.6) is 0 Å². The first-order valence-corrected chi connectivity index (χ1v) is 14.7. The van der Waals surface area contributed by atoms with Crippen LogP contribution in [-0.2, 0) is 28.7 Å². The van der Waals surface area contributed by atoms with Gasteiger partial charge in [0, 0.05) is 35.1 Å². The van der Waals surface area contributed by atoms with E-state index >= 15 is 0 Å². The van der Waals surface area contributed by atoms with Crippen molar-refractivity contribution in [1.82, 2.24) is 5.32 Å². The van der Waals surface area contributed by atoms with Crippen molar-refractivity contribution < 1.29 is 49.1 Å². The van der Waals surface area contributed by atoms with Gasteiger partial charge in [-0.25, -0.2) is 4.79 Å². The lowest BCUT2D eigenvalue weighted by molar-refractivity contribution is -0.181. The maximum absolute atomic E-state index is 13.4. The molecule has 42 heavy (non-hydrogen) atoms. The molecule has 0 aromatic carbocycles. The Balaban J connectivity index is 1.33. The van der Waals surface area contributed by atoms with Gasteiger partial charge in [-0.1, -0.05) is 39.3 Å². The van der Waals surface area contributed by atoms with Crippen LogP contribution in [0.3, 0.4) is 0 Å². The van der Waals surface area contributed by atoms with Gasteiger partial charge in [-0.3, -0.25) is 19.2 Å². The summed E-state index contributed by atoms with van der Waals surface area (Å²) < 4.78 is 5.14. The normalized spacial score (nSPS) is 36.2. The zero-order valence-corrected chi connectivity index (χ0v) is 24.7. The van der Waals surface area contributed by atoms with E-state index in [-0.39, 0.29) is 55.8 Å². The average Bonchev–Trinajstić information content (AvgIpc) is 3.19. The summed E-state index contributed by atoms with van der Waals surface area (Å²) in [6.07, 6.45) is 4.50. The number of rotatable bonds is 10. The lowest BCUT2D eigenvalue weighted by atomic mass is 9.46. The third-order valence-corrected chi connectivity index (χ3v) is 10.7. The minimum absolute atomic E-state index is 0.0347. The van der Waals surface area contributed by atoms with Gasteiger partial charge >= 0.3 is 11.9 Å². The Hall–Kier alpha value is -2.89. The Morgan fingerprint density at radius 2 is 1.86 bits per heavy atom. The van der Waals surface area contributed by atoms with Crippen LogP contribution in [0.2, 0.25) is 0 Å². The van der Waals surface area contributed by atoms with Gasteiger partial charge in [0.15, 0.2) is 18.5 Å². The molecule has 232 valence electrons. The number of carboxylic acids is 1. The van der Waals surface area contributed by atoms with E-state index in [0.29, 0.717) is 12.8 Å². The number of esters is 1. The van der Waals surface area contributed by atoms with Gasteiger partial charge in [0.1, 0.15) is 5.60 Å². The fraction of sp³-hybridized carbons (Fsp3) is 0.710. The van der Waals surface area contributed by atoms with E-state index in [1.54, 1.807) is 12.2 Å². The maximum Gasteiger partial charge on any atom is 0.333 e. The van der Waals surface area contributed by atoms with Gasteiger partial charge in [0.25, 0.3) is 0 Å². The summed E-state index contributed by atoms with van der Waals surface area (Å²) in [5, 5.41) is 44.4. The van der Waals surface area contributed by atoms with Gasteiger partial charge in [-0.15, -0.1) is 0 Å². The Kier molecular flexibility index (Phi) is 8.63. The first-order valence-electron chi connectivity index (χ1n) is 14.7. The van der Waals surface area contributed by atoms with E-state index < -0.39 is 64.3 Å². The van der Waals surface area contributed by atoms with Crippen LogP contribution in [0.4, 0.5) is 0 Å². The molecule has 11 nitrogen and oxygen atoms in total. The zero-order valence-electron chi connectivity index (χ0n) is 24.7. The predicted molar refractivity (Wildman–Crippen MR) is 149 cm³/mol. The fourth-order valence-corrected chi connectivity index (χ4v) is 8.19. The van der Waals surface area contributed by atoms with E-state index in [0.717, 1.165) is 12.0 Å². The SMILES string of the molecule is CC(C)(CNC(=O)CCC(=O)OCC(=O)C1(O)CCC2C3CCC4=CC(=O)C=CC4(C)C3C(O)CC21C)C(O)C(=O)O. The Morgan fingerprint density at radius 1 is 1.17 bits per heavy atom. The molecule has 0 radical (unpaired) electrons. The lowest BCUT2D eigenvalue weighted by Crippen LogP contribution is -2.61. The smallest absolute Gasteiger partial charge is 0.333 e. The second kappa shape index (κ2) is 11.3. The van der Waals surface area contributed by atoms with Gasteiger partial charge in [-0.2, -0.15) is 0 Å². The van der Waals surface area contributed by atoms with Crippen molar-refractivity contribution in [2.75, 3.05) is 13.2 Å². The number of hydrogen-bond acceptors (Lipinski definition) is 9. The molecule has 3 saturated carbocycles. The highest BCUT2D eigenvalue weighted by molar-refractivity contribution is 6.01. The zero-order chi connectivity index (χ0) is 31.3. The molecule has 11 heteroatoms. The molecule has 0 saturated heterocycles. The van der Waals surface area contributed by atoms with Crippen molar-refractivity contribution in [3.8, 4) is 0 Å². The molecule has 5 N–H and O–H groups in total.